The van der Waals surface area contributed by atoms with Gasteiger partial charge in [0.15, 0.2) is 16.3 Å². The van der Waals surface area contributed by atoms with Gasteiger partial charge in [-0.05, 0) is 92.9 Å². The summed E-state index contributed by atoms with van der Waals surface area (Å²) < 4.78 is 22.5. The summed E-state index contributed by atoms with van der Waals surface area (Å²) in [6.07, 6.45) is 1.86. The average molecular weight is 789 g/mol. The van der Waals surface area contributed by atoms with Crippen molar-refractivity contribution in [2.75, 3.05) is 13.7 Å². The maximum Gasteiger partial charge on any atom is 0.338 e. The first-order chi connectivity index (χ1) is 25.7. The van der Waals surface area contributed by atoms with E-state index in [-0.39, 0.29) is 18.3 Å². The summed E-state index contributed by atoms with van der Waals surface area (Å²) >= 11 is 4.88. The molecular formula is C43H38BrN3O5S. The lowest BCUT2D eigenvalue weighted by atomic mass is 9.95. The van der Waals surface area contributed by atoms with E-state index in [4.69, 9.17) is 19.2 Å². The molecule has 0 unspecified atom stereocenters. The lowest BCUT2D eigenvalue weighted by Gasteiger charge is -2.25. The fourth-order valence-electron chi connectivity index (χ4n) is 6.66. The molecule has 53 heavy (non-hydrogen) atoms. The molecule has 0 radical (unpaired) electrons. The van der Waals surface area contributed by atoms with Crippen LogP contribution in [0.1, 0.15) is 44.9 Å². The molecule has 268 valence electrons. The first-order valence-electron chi connectivity index (χ1n) is 17.3. The number of thiazole rings is 1. The average Bonchev–Trinajstić information content (AvgIpc) is 3.68. The van der Waals surface area contributed by atoms with Crippen LogP contribution < -0.4 is 24.4 Å². The Labute approximate surface area is 320 Å². The molecule has 6 aromatic rings. The summed E-state index contributed by atoms with van der Waals surface area (Å²) in [7, 11) is 1.57. The molecule has 10 heteroatoms. The molecule has 1 atom stereocenters. The molecule has 0 aliphatic carbocycles. The molecule has 2 aromatic heterocycles. The van der Waals surface area contributed by atoms with E-state index in [0.29, 0.717) is 37.7 Å². The van der Waals surface area contributed by atoms with E-state index in [0.717, 1.165) is 38.2 Å². The number of carbonyl (C=O) groups excluding carboxylic acids is 1. The standard InChI is InChI=1S/C43H38BrN3O5S/c1-6-51-42(49)38-27(4)45-43-47(40(38)30-17-22-35(52-26(2)3)36(24-30)50-5)41(48)37(53-43)25-31-23-34(28-13-9-7-10-14-28)46(33-20-18-32(44)19-21-33)39(31)29-15-11-8-12-16-29/h7-26,40H,6H2,1-5H3/b37-25+/t40-/m0/s1. The molecule has 0 amide bonds. The largest absolute Gasteiger partial charge is 0.493 e. The van der Waals surface area contributed by atoms with Crippen molar-refractivity contribution in [3.05, 3.63) is 156 Å². The van der Waals surface area contributed by atoms with Crippen LogP contribution in [0.4, 0.5) is 0 Å². The Morgan fingerprint density at radius 1 is 0.925 bits per heavy atom. The van der Waals surface area contributed by atoms with E-state index in [9.17, 15) is 9.59 Å². The molecule has 7 rings (SSSR count). The number of benzene rings is 4. The van der Waals surface area contributed by atoms with E-state index < -0.39 is 12.0 Å². The minimum absolute atomic E-state index is 0.0773. The van der Waals surface area contributed by atoms with E-state index in [1.54, 1.807) is 25.5 Å². The van der Waals surface area contributed by atoms with Gasteiger partial charge in [0.05, 0.1) is 53.1 Å². The Kier molecular flexibility index (Phi) is 10.3. The van der Waals surface area contributed by atoms with E-state index in [1.807, 2.05) is 86.7 Å². The summed E-state index contributed by atoms with van der Waals surface area (Å²) in [5.74, 6) is 0.529. The lowest BCUT2D eigenvalue weighted by molar-refractivity contribution is -0.139. The van der Waals surface area contributed by atoms with Crippen molar-refractivity contribution in [2.24, 2.45) is 4.99 Å². The first kappa shape index (κ1) is 35.9. The summed E-state index contributed by atoms with van der Waals surface area (Å²) in [5, 5.41) is 0. The predicted octanol–water partition coefficient (Wildman–Crippen LogP) is 8.48. The number of hydrogen-bond donors (Lipinski definition) is 0. The summed E-state index contributed by atoms with van der Waals surface area (Å²) in [5.41, 5.74) is 6.94. The molecule has 0 N–H and O–H groups in total. The second-order valence-corrected chi connectivity index (χ2v) is 14.7. The van der Waals surface area contributed by atoms with Crippen LogP contribution in [0.25, 0.3) is 34.3 Å². The third-order valence-corrected chi connectivity index (χ3v) is 10.4. The topological polar surface area (TPSA) is 84.1 Å². The van der Waals surface area contributed by atoms with Crippen molar-refractivity contribution >= 4 is 39.3 Å². The van der Waals surface area contributed by atoms with E-state index in [2.05, 4.69) is 63.0 Å². The van der Waals surface area contributed by atoms with Gasteiger partial charge in [0.25, 0.3) is 5.56 Å². The second kappa shape index (κ2) is 15.3. The predicted molar refractivity (Wildman–Crippen MR) is 213 cm³/mol. The number of fused-ring (bicyclic) bond motifs is 1. The molecular weight excluding hydrogens is 750 g/mol. The summed E-state index contributed by atoms with van der Waals surface area (Å²) in [6.45, 7) is 7.60. The quantitative estimate of drug-likeness (QED) is 0.130. The lowest BCUT2D eigenvalue weighted by Crippen LogP contribution is -2.40. The monoisotopic (exact) mass is 787 g/mol. The number of rotatable bonds is 10. The number of allylic oxidation sites excluding steroid dienone is 1. The van der Waals surface area contributed by atoms with Crippen LogP contribution in [0, 0.1) is 0 Å². The summed E-state index contributed by atoms with van der Waals surface area (Å²) in [6, 6.07) is 35.4. The highest BCUT2D eigenvalue weighted by atomic mass is 79.9. The van der Waals surface area contributed by atoms with E-state index >= 15 is 0 Å². The van der Waals surface area contributed by atoms with E-state index in [1.165, 1.54) is 11.3 Å². The Balaban J connectivity index is 1.49. The van der Waals surface area contributed by atoms with Gasteiger partial charge in [-0.1, -0.05) is 94.0 Å². The van der Waals surface area contributed by atoms with Crippen LogP contribution in [-0.4, -0.2) is 34.9 Å². The third kappa shape index (κ3) is 7.04. The molecule has 0 fully saturated rings. The van der Waals surface area contributed by atoms with Crippen LogP contribution in [0.15, 0.2) is 135 Å². The molecule has 4 aromatic carbocycles. The van der Waals surface area contributed by atoms with Crippen molar-refractivity contribution in [1.29, 1.82) is 0 Å². The van der Waals surface area contributed by atoms with Crippen molar-refractivity contribution in [3.8, 4) is 39.7 Å². The number of esters is 1. The fraction of sp³-hybridized carbons (Fsp3) is 0.186. The number of ether oxygens (including phenoxy) is 3. The van der Waals surface area contributed by atoms with Gasteiger partial charge in [-0.3, -0.25) is 9.36 Å². The Hall–Kier alpha value is -5.45. The number of aromatic nitrogens is 2. The molecule has 1 aliphatic heterocycles. The van der Waals surface area contributed by atoms with Gasteiger partial charge in [-0.15, -0.1) is 0 Å². The van der Waals surface area contributed by atoms with Gasteiger partial charge in [0.1, 0.15) is 0 Å². The minimum atomic E-state index is -0.810. The molecule has 1 aliphatic rings. The highest BCUT2D eigenvalue weighted by Crippen LogP contribution is 2.38. The Bertz CT molecular complexity index is 2520. The van der Waals surface area contributed by atoms with Gasteiger partial charge in [-0.2, -0.15) is 0 Å². The smallest absolute Gasteiger partial charge is 0.338 e. The van der Waals surface area contributed by atoms with Gasteiger partial charge in [0.2, 0.25) is 0 Å². The van der Waals surface area contributed by atoms with Crippen molar-refractivity contribution in [2.45, 2.75) is 39.8 Å². The zero-order chi connectivity index (χ0) is 37.2. The normalized spacial score (nSPS) is 14.2. The highest BCUT2D eigenvalue weighted by Gasteiger charge is 2.34. The minimum Gasteiger partial charge on any atom is -0.493 e. The highest BCUT2D eigenvalue weighted by molar-refractivity contribution is 9.10. The Morgan fingerprint density at radius 2 is 1.60 bits per heavy atom. The van der Waals surface area contributed by atoms with Crippen LogP contribution >= 0.6 is 27.3 Å². The van der Waals surface area contributed by atoms with Crippen molar-refractivity contribution in [1.82, 2.24) is 9.13 Å². The number of methoxy groups -OCH3 is 1. The fourth-order valence-corrected chi connectivity index (χ4v) is 7.97. The molecule has 0 spiro atoms. The van der Waals surface area contributed by atoms with Gasteiger partial charge in [0, 0.05) is 15.7 Å². The van der Waals surface area contributed by atoms with Crippen LogP contribution in [0.2, 0.25) is 0 Å². The Morgan fingerprint density at radius 3 is 2.25 bits per heavy atom. The molecule has 0 saturated carbocycles. The maximum atomic E-state index is 14.8. The third-order valence-electron chi connectivity index (χ3n) is 8.90. The van der Waals surface area contributed by atoms with Gasteiger partial charge in [-0.25, -0.2) is 9.79 Å². The molecule has 0 saturated heterocycles. The number of halogens is 1. The summed E-state index contributed by atoms with van der Waals surface area (Å²) in [4.78, 5) is 33.6. The second-order valence-electron chi connectivity index (χ2n) is 12.8. The first-order valence-corrected chi connectivity index (χ1v) is 19.0. The van der Waals surface area contributed by atoms with Crippen LogP contribution in [-0.2, 0) is 9.53 Å². The maximum absolute atomic E-state index is 14.8. The number of nitrogens with zero attached hydrogens (tertiary/aromatic N) is 3. The van der Waals surface area contributed by atoms with Crippen LogP contribution in [0.5, 0.6) is 11.5 Å². The molecule has 8 nitrogen and oxygen atoms in total. The SMILES string of the molecule is CCOC(=O)C1=C(C)N=c2s/c(=C/c3cc(-c4ccccc4)n(-c4ccc(Br)cc4)c3-c3ccccc3)c(=O)n2[C@H]1c1ccc(OC(C)C)c(OC)c1. The number of carbonyl (C=O) groups is 1. The molecule has 3 heterocycles. The zero-order valence-electron chi connectivity index (χ0n) is 30.0. The van der Waals surface area contributed by atoms with Gasteiger partial charge >= 0.3 is 5.97 Å². The zero-order valence-corrected chi connectivity index (χ0v) is 32.4. The van der Waals surface area contributed by atoms with Crippen molar-refractivity contribution < 1.29 is 19.0 Å². The van der Waals surface area contributed by atoms with Crippen LogP contribution in [0.3, 0.4) is 0 Å². The van der Waals surface area contributed by atoms with Gasteiger partial charge < -0.3 is 18.8 Å². The molecule has 0 bridgehead atoms. The number of hydrogen-bond acceptors (Lipinski definition) is 7. The van der Waals surface area contributed by atoms with Crippen molar-refractivity contribution in [3.63, 3.8) is 0 Å².